The molecule has 0 saturated carbocycles. The lowest BCUT2D eigenvalue weighted by Crippen LogP contribution is -2.43. The molecule has 0 bridgehead atoms. The summed E-state index contributed by atoms with van der Waals surface area (Å²) in [5.74, 6) is -0.0175. The van der Waals surface area contributed by atoms with Gasteiger partial charge in [0.25, 0.3) is 0 Å². The number of amides is 1. The van der Waals surface area contributed by atoms with Gasteiger partial charge >= 0.3 is 5.97 Å². The predicted octanol–water partition coefficient (Wildman–Crippen LogP) is 1.48. The van der Waals surface area contributed by atoms with Gasteiger partial charge in [-0.25, -0.2) is 0 Å². The Kier molecular flexibility index (Phi) is 4.61. The van der Waals surface area contributed by atoms with Gasteiger partial charge in [-0.1, -0.05) is 12.1 Å². The third kappa shape index (κ3) is 3.10. The SMILES string of the molecule is CCOC(=O)C1CNC(=O)CC1c1ccc(OC)cc1. The first-order valence-electron chi connectivity index (χ1n) is 6.73. The molecule has 1 aromatic rings. The normalized spacial score (nSPS) is 22.0. The van der Waals surface area contributed by atoms with Crippen LogP contribution in [-0.4, -0.2) is 32.1 Å². The summed E-state index contributed by atoms with van der Waals surface area (Å²) in [6.45, 7) is 2.45. The molecule has 1 amide bonds. The lowest BCUT2D eigenvalue weighted by molar-refractivity contribution is -0.150. The van der Waals surface area contributed by atoms with Gasteiger partial charge in [-0.15, -0.1) is 0 Å². The summed E-state index contributed by atoms with van der Waals surface area (Å²) < 4.78 is 10.2. The summed E-state index contributed by atoms with van der Waals surface area (Å²) in [4.78, 5) is 23.6. The smallest absolute Gasteiger partial charge is 0.311 e. The summed E-state index contributed by atoms with van der Waals surface area (Å²) >= 11 is 0. The standard InChI is InChI=1S/C15H19NO4/c1-3-20-15(18)13-9-16-14(17)8-12(13)10-4-6-11(19-2)7-5-10/h4-7,12-13H,3,8-9H2,1-2H3,(H,16,17). The van der Waals surface area contributed by atoms with Gasteiger partial charge in [-0.2, -0.15) is 0 Å². The topological polar surface area (TPSA) is 64.6 Å². The predicted molar refractivity (Wildman–Crippen MR) is 73.5 cm³/mol. The number of hydrogen-bond acceptors (Lipinski definition) is 4. The van der Waals surface area contributed by atoms with Crippen molar-refractivity contribution < 1.29 is 19.1 Å². The second kappa shape index (κ2) is 6.41. The number of nitrogens with one attached hydrogen (secondary N) is 1. The first-order chi connectivity index (χ1) is 9.65. The Balaban J connectivity index is 2.22. The van der Waals surface area contributed by atoms with Crippen molar-refractivity contribution in [1.29, 1.82) is 0 Å². The molecule has 2 atom stereocenters. The maximum Gasteiger partial charge on any atom is 0.311 e. The molecule has 1 fully saturated rings. The molecular weight excluding hydrogens is 258 g/mol. The van der Waals surface area contributed by atoms with Crippen LogP contribution in [0.1, 0.15) is 24.8 Å². The van der Waals surface area contributed by atoms with E-state index >= 15 is 0 Å². The molecule has 0 radical (unpaired) electrons. The molecule has 1 aliphatic rings. The number of ether oxygens (including phenoxy) is 2. The number of rotatable bonds is 4. The van der Waals surface area contributed by atoms with E-state index in [2.05, 4.69) is 5.32 Å². The number of carbonyl (C=O) groups is 2. The van der Waals surface area contributed by atoms with Crippen LogP contribution in [-0.2, 0) is 14.3 Å². The van der Waals surface area contributed by atoms with Crippen molar-refractivity contribution in [2.24, 2.45) is 5.92 Å². The van der Waals surface area contributed by atoms with E-state index in [9.17, 15) is 9.59 Å². The fourth-order valence-corrected chi connectivity index (χ4v) is 2.48. The van der Waals surface area contributed by atoms with Crippen molar-refractivity contribution in [1.82, 2.24) is 5.32 Å². The highest BCUT2D eigenvalue weighted by atomic mass is 16.5. The molecule has 1 aliphatic heterocycles. The monoisotopic (exact) mass is 277 g/mol. The van der Waals surface area contributed by atoms with Crippen molar-refractivity contribution >= 4 is 11.9 Å². The highest BCUT2D eigenvalue weighted by molar-refractivity contribution is 5.83. The van der Waals surface area contributed by atoms with E-state index in [-0.39, 0.29) is 23.7 Å². The number of piperidine rings is 1. The summed E-state index contributed by atoms with van der Waals surface area (Å²) in [5, 5.41) is 2.73. The summed E-state index contributed by atoms with van der Waals surface area (Å²) in [6.07, 6.45) is 0.301. The number of carbonyl (C=O) groups excluding carboxylic acids is 2. The minimum atomic E-state index is -0.332. The van der Waals surface area contributed by atoms with Crippen molar-refractivity contribution in [2.75, 3.05) is 20.3 Å². The third-order valence-electron chi connectivity index (χ3n) is 3.54. The molecule has 0 spiro atoms. The minimum absolute atomic E-state index is 0.0358. The summed E-state index contributed by atoms with van der Waals surface area (Å²) in [7, 11) is 1.60. The van der Waals surface area contributed by atoms with Crippen molar-refractivity contribution in [2.45, 2.75) is 19.3 Å². The van der Waals surface area contributed by atoms with Gasteiger partial charge in [-0.3, -0.25) is 9.59 Å². The van der Waals surface area contributed by atoms with Gasteiger partial charge in [-0.05, 0) is 24.6 Å². The Morgan fingerprint density at radius 2 is 2.05 bits per heavy atom. The highest BCUT2D eigenvalue weighted by Gasteiger charge is 2.36. The van der Waals surface area contributed by atoms with E-state index in [1.807, 2.05) is 24.3 Å². The second-order valence-electron chi connectivity index (χ2n) is 4.75. The molecule has 2 rings (SSSR count). The maximum atomic E-state index is 12.0. The van der Waals surface area contributed by atoms with E-state index in [1.165, 1.54) is 0 Å². The third-order valence-corrected chi connectivity index (χ3v) is 3.54. The lowest BCUT2D eigenvalue weighted by Gasteiger charge is -2.30. The number of methoxy groups -OCH3 is 1. The largest absolute Gasteiger partial charge is 0.497 e. The highest BCUT2D eigenvalue weighted by Crippen LogP contribution is 2.32. The number of hydrogen-bond donors (Lipinski definition) is 1. The Hall–Kier alpha value is -2.04. The average Bonchev–Trinajstić information content (AvgIpc) is 2.47. The van der Waals surface area contributed by atoms with Crippen LogP contribution in [0.4, 0.5) is 0 Å². The zero-order valence-electron chi connectivity index (χ0n) is 11.7. The van der Waals surface area contributed by atoms with Crippen LogP contribution in [0, 0.1) is 5.92 Å². The molecule has 1 saturated heterocycles. The van der Waals surface area contributed by atoms with Gasteiger partial charge in [0.15, 0.2) is 0 Å². The Morgan fingerprint density at radius 3 is 2.65 bits per heavy atom. The zero-order chi connectivity index (χ0) is 14.5. The van der Waals surface area contributed by atoms with Crippen molar-refractivity contribution in [3.05, 3.63) is 29.8 Å². The molecule has 5 heteroatoms. The van der Waals surface area contributed by atoms with E-state index in [1.54, 1.807) is 14.0 Å². The van der Waals surface area contributed by atoms with Crippen molar-refractivity contribution in [3.8, 4) is 5.75 Å². The molecule has 108 valence electrons. The van der Waals surface area contributed by atoms with E-state index in [0.29, 0.717) is 19.6 Å². The van der Waals surface area contributed by atoms with E-state index in [4.69, 9.17) is 9.47 Å². The molecule has 0 aliphatic carbocycles. The molecule has 0 aromatic heterocycles. The first kappa shape index (κ1) is 14.4. The van der Waals surface area contributed by atoms with Gasteiger partial charge < -0.3 is 14.8 Å². The minimum Gasteiger partial charge on any atom is -0.497 e. The summed E-state index contributed by atoms with van der Waals surface area (Å²) in [5.41, 5.74) is 0.957. The van der Waals surface area contributed by atoms with Crippen molar-refractivity contribution in [3.63, 3.8) is 0 Å². The van der Waals surface area contributed by atoms with Crippen LogP contribution < -0.4 is 10.1 Å². The van der Waals surface area contributed by atoms with E-state index in [0.717, 1.165) is 11.3 Å². The molecule has 1 heterocycles. The Labute approximate surface area is 118 Å². The van der Waals surface area contributed by atoms with Gasteiger partial charge in [0, 0.05) is 18.9 Å². The zero-order valence-corrected chi connectivity index (χ0v) is 11.7. The van der Waals surface area contributed by atoms with Gasteiger partial charge in [0.2, 0.25) is 5.91 Å². The molecule has 1 aromatic carbocycles. The average molecular weight is 277 g/mol. The van der Waals surface area contributed by atoms with Crippen LogP contribution in [0.3, 0.4) is 0 Å². The number of esters is 1. The van der Waals surface area contributed by atoms with Crippen LogP contribution in [0.2, 0.25) is 0 Å². The van der Waals surface area contributed by atoms with E-state index < -0.39 is 0 Å². The molecule has 20 heavy (non-hydrogen) atoms. The van der Waals surface area contributed by atoms with Crippen LogP contribution in [0.15, 0.2) is 24.3 Å². The number of benzene rings is 1. The fraction of sp³-hybridized carbons (Fsp3) is 0.467. The second-order valence-corrected chi connectivity index (χ2v) is 4.75. The van der Waals surface area contributed by atoms with Gasteiger partial charge in [0.05, 0.1) is 19.6 Å². The Bertz CT molecular complexity index is 483. The Morgan fingerprint density at radius 1 is 1.35 bits per heavy atom. The molecule has 2 unspecified atom stereocenters. The first-order valence-corrected chi connectivity index (χ1v) is 6.73. The fourth-order valence-electron chi connectivity index (χ4n) is 2.48. The van der Waals surface area contributed by atoms with Crippen LogP contribution >= 0.6 is 0 Å². The molecule has 5 nitrogen and oxygen atoms in total. The maximum absolute atomic E-state index is 12.0. The quantitative estimate of drug-likeness (QED) is 0.847. The molecular formula is C15H19NO4. The van der Waals surface area contributed by atoms with Crippen LogP contribution in [0.5, 0.6) is 5.75 Å². The van der Waals surface area contributed by atoms with Gasteiger partial charge in [0.1, 0.15) is 5.75 Å². The lowest BCUT2D eigenvalue weighted by atomic mass is 9.81. The summed E-state index contributed by atoms with van der Waals surface area (Å²) in [6, 6.07) is 7.47. The molecule has 1 N–H and O–H groups in total. The van der Waals surface area contributed by atoms with Crippen LogP contribution in [0.25, 0.3) is 0 Å².